The molecule has 0 spiro atoms. The summed E-state index contributed by atoms with van der Waals surface area (Å²) in [6, 6.07) is 0. The van der Waals surface area contributed by atoms with E-state index in [9.17, 15) is 9.59 Å². The number of hydrogen-bond donors (Lipinski definition) is 0. The van der Waals surface area contributed by atoms with Gasteiger partial charge in [-0.15, -0.1) is 6.58 Å². The molecule has 0 aromatic heterocycles. The van der Waals surface area contributed by atoms with E-state index in [1.807, 2.05) is 0 Å². The largest absolute Gasteiger partial charge is 1.00 e. The molecule has 0 aromatic rings. The fourth-order valence-corrected chi connectivity index (χ4v) is 0.737. The normalized spacial score (nSPS) is 10.8. The van der Waals surface area contributed by atoms with Gasteiger partial charge in [-0.3, -0.25) is 9.59 Å². The molecule has 0 saturated heterocycles. The van der Waals surface area contributed by atoms with Gasteiger partial charge < -0.3 is 4.74 Å². The smallest absolute Gasteiger partial charge is 0.468 e. The van der Waals surface area contributed by atoms with Gasteiger partial charge in [0.25, 0.3) is 0 Å². The molecule has 12 heavy (non-hydrogen) atoms. The summed E-state index contributed by atoms with van der Waals surface area (Å²) in [6.07, 6.45) is 1.88. The third kappa shape index (κ3) is 4.70. The zero-order valence-electron chi connectivity index (χ0n) is 7.79. The van der Waals surface area contributed by atoms with Crippen molar-refractivity contribution in [1.82, 2.24) is 0 Å². The van der Waals surface area contributed by atoms with E-state index in [1.54, 1.807) is 0 Å². The molecule has 3 nitrogen and oxygen atoms in total. The molecular formula is C8H12NaO3+. The van der Waals surface area contributed by atoms with Gasteiger partial charge in [0.2, 0.25) is 0 Å². The van der Waals surface area contributed by atoms with Gasteiger partial charge in [-0.05, 0) is 13.3 Å². The van der Waals surface area contributed by atoms with Gasteiger partial charge in [-0.25, -0.2) is 0 Å². The van der Waals surface area contributed by atoms with Gasteiger partial charge in [0.05, 0.1) is 7.11 Å². The molecule has 0 aromatic carbocycles. The van der Waals surface area contributed by atoms with Crippen LogP contribution in [0.25, 0.3) is 0 Å². The minimum absolute atomic E-state index is 0. The number of esters is 1. The summed E-state index contributed by atoms with van der Waals surface area (Å²) in [6.45, 7) is 4.81. The predicted molar refractivity (Wildman–Crippen MR) is 41.0 cm³/mol. The van der Waals surface area contributed by atoms with Crippen LogP contribution < -0.4 is 29.6 Å². The molecule has 4 heteroatoms. The van der Waals surface area contributed by atoms with Crippen LogP contribution in [0.15, 0.2) is 12.7 Å². The maximum absolute atomic E-state index is 10.9. The van der Waals surface area contributed by atoms with Crippen LogP contribution in [0, 0.1) is 5.92 Å². The Bertz CT molecular complexity index is 177. The summed E-state index contributed by atoms with van der Waals surface area (Å²) in [4.78, 5) is 21.6. The average Bonchev–Trinajstić information content (AvgIpc) is 1.98. The summed E-state index contributed by atoms with van der Waals surface area (Å²) < 4.78 is 4.42. The fraction of sp³-hybridized carbons (Fsp3) is 0.500. The fourth-order valence-electron chi connectivity index (χ4n) is 0.737. The number of carbonyl (C=O) groups excluding carboxylic acids is 2. The quantitative estimate of drug-likeness (QED) is 0.216. The van der Waals surface area contributed by atoms with Crippen LogP contribution in [0.1, 0.15) is 13.3 Å². The molecule has 62 valence electrons. The SMILES string of the molecule is C=CCC(C(C)=O)C(=O)OC.[Na+]. The van der Waals surface area contributed by atoms with Crippen molar-refractivity contribution in [3.05, 3.63) is 12.7 Å². The molecule has 0 saturated carbocycles. The molecule has 1 atom stereocenters. The molecular weight excluding hydrogens is 167 g/mol. The van der Waals surface area contributed by atoms with Crippen molar-refractivity contribution >= 4 is 11.8 Å². The standard InChI is InChI=1S/C8H12O3.Na/c1-4-5-7(6(2)9)8(10)11-3;/h4,7H,1,5H2,2-3H3;/q;+1. The van der Waals surface area contributed by atoms with E-state index in [2.05, 4.69) is 11.3 Å². The Morgan fingerprint density at radius 1 is 1.58 bits per heavy atom. The number of methoxy groups -OCH3 is 1. The summed E-state index contributed by atoms with van der Waals surface area (Å²) >= 11 is 0. The third-order valence-electron chi connectivity index (χ3n) is 1.38. The van der Waals surface area contributed by atoms with Crippen molar-refractivity contribution in [1.29, 1.82) is 0 Å². The Morgan fingerprint density at radius 2 is 2.08 bits per heavy atom. The first-order valence-corrected chi connectivity index (χ1v) is 3.32. The molecule has 0 heterocycles. The zero-order chi connectivity index (χ0) is 8.85. The Morgan fingerprint density at radius 3 is 2.33 bits per heavy atom. The van der Waals surface area contributed by atoms with Crippen LogP contribution in [0.4, 0.5) is 0 Å². The molecule has 0 fully saturated rings. The summed E-state index contributed by atoms with van der Waals surface area (Å²) in [5.74, 6) is -1.34. The van der Waals surface area contributed by atoms with E-state index in [4.69, 9.17) is 0 Å². The summed E-state index contributed by atoms with van der Waals surface area (Å²) in [7, 11) is 1.27. The van der Waals surface area contributed by atoms with Crippen molar-refractivity contribution in [2.45, 2.75) is 13.3 Å². The first kappa shape index (κ1) is 14.4. The van der Waals surface area contributed by atoms with E-state index in [0.717, 1.165) is 0 Å². The van der Waals surface area contributed by atoms with Gasteiger partial charge in [0, 0.05) is 0 Å². The van der Waals surface area contributed by atoms with Gasteiger partial charge in [-0.1, -0.05) is 6.08 Å². The number of allylic oxidation sites excluding steroid dienone is 1. The molecule has 1 unspecified atom stereocenters. The molecule has 0 aliphatic carbocycles. The molecule has 0 amide bonds. The molecule has 0 aliphatic rings. The van der Waals surface area contributed by atoms with Crippen LogP contribution >= 0.6 is 0 Å². The van der Waals surface area contributed by atoms with Gasteiger partial charge in [-0.2, -0.15) is 0 Å². The van der Waals surface area contributed by atoms with E-state index >= 15 is 0 Å². The predicted octanol–water partition coefficient (Wildman–Crippen LogP) is -2.06. The molecule has 0 aliphatic heterocycles. The number of carbonyl (C=O) groups is 2. The Labute approximate surface area is 94.5 Å². The Balaban J connectivity index is 0. The van der Waals surface area contributed by atoms with Crippen molar-refractivity contribution in [3.63, 3.8) is 0 Å². The van der Waals surface area contributed by atoms with Gasteiger partial charge in [0.1, 0.15) is 11.7 Å². The van der Waals surface area contributed by atoms with Crippen LogP contribution in [0.3, 0.4) is 0 Å². The van der Waals surface area contributed by atoms with Crippen molar-refractivity contribution in [3.8, 4) is 0 Å². The Hall–Kier alpha value is -0.120. The number of ether oxygens (including phenoxy) is 1. The molecule has 0 N–H and O–H groups in total. The number of ketones is 1. The number of rotatable bonds is 4. The summed E-state index contributed by atoms with van der Waals surface area (Å²) in [5, 5.41) is 0. The second kappa shape index (κ2) is 7.53. The third-order valence-corrected chi connectivity index (χ3v) is 1.38. The maximum atomic E-state index is 10.9. The minimum Gasteiger partial charge on any atom is -0.468 e. The second-order valence-electron chi connectivity index (χ2n) is 2.21. The zero-order valence-corrected chi connectivity index (χ0v) is 9.79. The van der Waals surface area contributed by atoms with Crippen LogP contribution in [-0.2, 0) is 14.3 Å². The maximum Gasteiger partial charge on any atom is 1.00 e. The topological polar surface area (TPSA) is 43.4 Å². The van der Waals surface area contributed by atoms with Crippen LogP contribution in [0.2, 0.25) is 0 Å². The van der Waals surface area contributed by atoms with E-state index in [0.29, 0.717) is 6.42 Å². The van der Waals surface area contributed by atoms with Crippen molar-refractivity contribution in [2.24, 2.45) is 5.92 Å². The minimum atomic E-state index is -0.669. The van der Waals surface area contributed by atoms with Crippen molar-refractivity contribution in [2.75, 3.05) is 7.11 Å². The monoisotopic (exact) mass is 179 g/mol. The first-order valence-electron chi connectivity index (χ1n) is 3.32. The number of Topliss-reactive ketones (excluding diaryl/α,β-unsaturated/α-hetero) is 1. The molecule has 0 rings (SSSR count). The molecule has 0 radical (unpaired) electrons. The van der Waals surface area contributed by atoms with Gasteiger partial charge >= 0.3 is 35.5 Å². The average molecular weight is 179 g/mol. The van der Waals surface area contributed by atoms with E-state index in [1.165, 1.54) is 20.1 Å². The van der Waals surface area contributed by atoms with E-state index < -0.39 is 11.9 Å². The van der Waals surface area contributed by atoms with Gasteiger partial charge in [0.15, 0.2) is 0 Å². The molecule has 0 bridgehead atoms. The van der Waals surface area contributed by atoms with Crippen LogP contribution in [-0.4, -0.2) is 18.9 Å². The second-order valence-corrected chi connectivity index (χ2v) is 2.21. The van der Waals surface area contributed by atoms with E-state index in [-0.39, 0.29) is 35.3 Å². The first-order chi connectivity index (χ1) is 5.13. The Kier molecular flexibility index (Phi) is 9.03. The van der Waals surface area contributed by atoms with Crippen molar-refractivity contribution < 1.29 is 43.9 Å². The van der Waals surface area contributed by atoms with Crippen LogP contribution in [0.5, 0.6) is 0 Å². The summed E-state index contributed by atoms with van der Waals surface area (Å²) in [5.41, 5.74) is 0. The number of hydrogen-bond acceptors (Lipinski definition) is 3.